The Morgan fingerprint density at radius 2 is 1.94 bits per heavy atom. The average molecular weight is 257 g/mol. The molecule has 18 heavy (non-hydrogen) atoms. The fraction of sp³-hybridized carbons (Fsp3) is 0.600. The van der Waals surface area contributed by atoms with E-state index in [1.807, 2.05) is 0 Å². The Balaban J connectivity index is 2.68. The molecule has 0 aromatic rings. The molecule has 0 saturated carbocycles. The normalized spacial score (nSPS) is 17.9. The minimum atomic E-state index is -1.37. The molecule has 3 amide bonds. The van der Waals surface area contributed by atoms with E-state index in [-0.39, 0.29) is 13.1 Å². The van der Waals surface area contributed by atoms with E-state index in [1.54, 1.807) is 6.92 Å². The van der Waals surface area contributed by atoms with Crippen molar-refractivity contribution in [3.8, 4) is 0 Å². The maximum absolute atomic E-state index is 11.7. The lowest BCUT2D eigenvalue weighted by atomic mass is 10.2. The number of carbonyl (C=O) groups excluding carboxylic acids is 3. The number of amides is 3. The molecule has 1 fully saturated rings. The lowest BCUT2D eigenvalue weighted by Crippen LogP contribution is -2.56. The van der Waals surface area contributed by atoms with Crippen LogP contribution >= 0.6 is 0 Å². The highest BCUT2D eigenvalue weighted by Crippen LogP contribution is 2.07. The SMILES string of the molecule is CCN1CCN(C(=O)C[C@H](N)C(=O)O)C(=O)C1=O. The van der Waals surface area contributed by atoms with Crippen molar-refractivity contribution in [3.05, 3.63) is 0 Å². The minimum absolute atomic E-state index is 0.0730. The Bertz CT molecular complexity index is 395. The number of hydrogen-bond donors (Lipinski definition) is 2. The van der Waals surface area contributed by atoms with Crippen LogP contribution in [0.4, 0.5) is 0 Å². The zero-order chi connectivity index (χ0) is 13.9. The van der Waals surface area contributed by atoms with Gasteiger partial charge in [0.05, 0.1) is 6.42 Å². The summed E-state index contributed by atoms with van der Waals surface area (Å²) in [5.41, 5.74) is 5.20. The number of imide groups is 1. The fourth-order valence-corrected chi connectivity index (χ4v) is 1.60. The first-order valence-corrected chi connectivity index (χ1v) is 5.50. The van der Waals surface area contributed by atoms with Crippen LogP contribution in [0.2, 0.25) is 0 Å². The van der Waals surface area contributed by atoms with Gasteiger partial charge in [0.15, 0.2) is 0 Å². The van der Waals surface area contributed by atoms with E-state index in [2.05, 4.69) is 0 Å². The van der Waals surface area contributed by atoms with Crippen molar-refractivity contribution in [3.63, 3.8) is 0 Å². The Labute approximate surface area is 103 Å². The van der Waals surface area contributed by atoms with Crippen LogP contribution in [-0.4, -0.2) is 64.3 Å². The third-order valence-electron chi connectivity index (χ3n) is 2.70. The van der Waals surface area contributed by atoms with Gasteiger partial charge >= 0.3 is 17.8 Å². The molecule has 3 N–H and O–H groups in total. The zero-order valence-corrected chi connectivity index (χ0v) is 9.96. The predicted molar refractivity (Wildman–Crippen MR) is 59.2 cm³/mol. The van der Waals surface area contributed by atoms with E-state index in [0.29, 0.717) is 6.54 Å². The second-order valence-electron chi connectivity index (χ2n) is 3.88. The number of rotatable bonds is 4. The number of likely N-dealkylation sites (N-methyl/N-ethyl adjacent to an activating group) is 1. The molecule has 0 unspecified atom stereocenters. The summed E-state index contributed by atoms with van der Waals surface area (Å²) in [4.78, 5) is 47.4. The molecule has 0 bridgehead atoms. The molecule has 1 rings (SSSR count). The van der Waals surface area contributed by atoms with Gasteiger partial charge in [-0.2, -0.15) is 0 Å². The Morgan fingerprint density at radius 1 is 1.33 bits per heavy atom. The van der Waals surface area contributed by atoms with Crippen LogP contribution in [0.25, 0.3) is 0 Å². The van der Waals surface area contributed by atoms with Crippen LogP contribution < -0.4 is 5.73 Å². The van der Waals surface area contributed by atoms with Gasteiger partial charge in [-0.3, -0.25) is 24.1 Å². The molecule has 1 saturated heterocycles. The highest BCUT2D eigenvalue weighted by Gasteiger charge is 2.36. The molecule has 8 heteroatoms. The smallest absolute Gasteiger partial charge is 0.321 e. The Kier molecular flexibility index (Phi) is 4.38. The highest BCUT2D eigenvalue weighted by molar-refractivity contribution is 6.38. The number of piperazine rings is 1. The van der Waals surface area contributed by atoms with Crippen molar-refractivity contribution in [2.24, 2.45) is 5.73 Å². The molecule has 100 valence electrons. The summed E-state index contributed by atoms with van der Waals surface area (Å²) >= 11 is 0. The molecule has 0 aromatic carbocycles. The molecule has 1 heterocycles. The van der Waals surface area contributed by atoms with Crippen LogP contribution in [0.5, 0.6) is 0 Å². The fourth-order valence-electron chi connectivity index (χ4n) is 1.60. The van der Waals surface area contributed by atoms with Crippen LogP contribution in [-0.2, 0) is 19.2 Å². The summed E-state index contributed by atoms with van der Waals surface area (Å²) in [6.07, 6.45) is -0.500. The number of nitrogens with zero attached hydrogens (tertiary/aromatic N) is 2. The van der Waals surface area contributed by atoms with Crippen LogP contribution in [0.1, 0.15) is 13.3 Å². The summed E-state index contributed by atoms with van der Waals surface area (Å²) in [6.45, 7) is 2.45. The second-order valence-corrected chi connectivity index (χ2v) is 3.88. The van der Waals surface area contributed by atoms with E-state index in [1.165, 1.54) is 4.90 Å². The van der Waals surface area contributed by atoms with Crippen molar-refractivity contribution >= 4 is 23.7 Å². The van der Waals surface area contributed by atoms with Gasteiger partial charge in [-0.1, -0.05) is 0 Å². The average Bonchev–Trinajstić information content (AvgIpc) is 2.32. The summed E-state index contributed by atoms with van der Waals surface area (Å²) in [6, 6.07) is -1.37. The molecule has 1 aliphatic rings. The van der Waals surface area contributed by atoms with Gasteiger partial charge in [-0.15, -0.1) is 0 Å². The largest absolute Gasteiger partial charge is 0.480 e. The number of nitrogens with two attached hydrogens (primary N) is 1. The molecule has 1 aliphatic heterocycles. The standard InChI is InChI=1S/C10H15N3O5/c1-2-12-3-4-13(9(16)8(12)15)7(14)5-6(11)10(17)18/h6H,2-5,11H2,1H3,(H,17,18)/t6-/m0/s1. The van der Waals surface area contributed by atoms with Crippen LogP contribution in [0.15, 0.2) is 0 Å². The number of carboxylic acid groups (broad SMARTS) is 1. The first-order valence-electron chi connectivity index (χ1n) is 5.50. The number of hydrogen-bond acceptors (Lipinski definition) is 5. The predicted octanol–water partition coefficient (Wildman–Crippen LogP) is -1.99. The maximum atomic E-state index is 11.7. The lowest BCUT2D eigenvalue weighted by Gasteiger charge is -2.32. The number of carbonyl (C=O) groups is 4. The Hall–Kier alpha value is -1.96. The van der Waals surface area contributed by atoms with E-state index >= 15 is 0 Å². The van der Waals surface area contributed by atoms with E-state index < -0.39 is 36.2 Å². The summed E-state index contributed by atoms with van der Waals surface area (Å²) < 4.78 is 0. The lowest BCUT2D eigenvalue weighted by molar-refractivity contribution is -0.161. The molecular weight excluding hydrogens is 242 g/mol. The van der Waals surface area contributed by atoms with Crippen molar-refractivity contribution in [2.45, 2.75) is 19.4 Å². The third kappa shape index (κ3) is 2.83. The van der Waals surface area contributed by atoms with Gasteiger partial charge in [0, 0.05) is 19.6 Å². The van der Waals surface area contributed by atoms with Gasteiger partial charge in [-0.25, -0.2) is 0 Å². The molecule has 1 atom stereocenters. The monoisotopic (exact) mass is 257 g/mol. The number of carboxylic acids is 1. The highest BCUT2D eigenvalue weighted by atomic mass is 16.4. The number of aliphatic carboxylic acids is 1. The molecule has 0 radical (unpaired) electrons. The van der Waals surface area contributed by atoms with E-state index in [9.17, 15) is 19.2 Å². The maximum Gasteiger partial charge on any atom is 0.321 e. The van der Waals surface area contributed by atoms with Gasteiger partial charge < -0.3 is 15.7 Å². The van der Waals surface area contributed by atoms with Crippen molar-refractivity contribution in [1.29, 1.82) is 0 Å². The molecule has 0 aliphatic carbocycles. The summed E-state index contributed by atoms with van der Waals surface area (Å²) in [5, 5.41) is 8.57. The zero-order valence-electron chi connectivity index (χ0n) is 9.96. The first kappa shape index (κ1) is 14.1. The molecule has 0 spiro atoms. The van der Waals surface area contributed by atoms with Gasteiger partial charge in [0.1, 0.15) is 6.04 Å². The molecule has 0 aromatic heterocycles. The van der Waals surface area contributed by atoms with Crippen LogP contribution in [0.3, 0.4) is 0 Å². The van der Waals surface area contributed by atoms with Crippen molar-refractivity contribution < 1.29 is 24.3 Å². The topological polar surface area (TPSA) is 121 Å². The summed E-state index contributed by atoms with van der Waals surface area (Å²) in [7, 11) is 0. The molecule has 8 nitrogen and oxygen atoms in total. The minimum Gasteiger partial charge on any atom is -0.480 e. The van der Waals surface area contributed by atoms with Gasteiger partial charge in [0.2, 0.25) is 5.91 Å². The second kappa shape index (κ2) is 5.58. The molecular formula is C10H15N3O5. The summed E-state index contributed by atoms with van der Waals surface area (Å²) in [5.74, 6) is -3.74. The van der Waals surface area contributed by atoms with Crippen LogP contribution in [0, 0.1) is 0 Å². The van der Waals surface area contributed by atoms with Crippen molar-refractivity contribution in [2.75, 3.05) is 19.6 Å². The van der Waals surface area contributed by atoms with E-state index in [4.69, 9.17) is 10.8 Å². The van der Waals surface area contributed by atoms with Gasteiger partial charge in [-0.05, 0) is 6.92 Å². The Morgan fingerprint density at radius 3 is 2.44 bits per heavy atom. The van der Waals surface area contributed by atoms with E-state index in [0.717, 1.165) is 4.90 Å². The third-order valence-corrected chi connectivity index (χ3v) is 2.70. The first-order chi connectivity index (χ1) is 8.38. The van der Waals surface area contributed by atoms with Gasteiger partial charge in [0.25, 0.3) is 0 Å². The van der Waals surface area contributed by atoms with Crippen molar-refractivity contribution in [1.82, 2.24) is 9.80 Å². The quantitative estimate of drug-likeness (QED) is 0.562.